The van der Waals surface area contributed by atoms with Crippen molar-refractivity contribution in [1.29, 1.82) is 0 Å². The first kappa shape index (κ1) is 23.3. The van der Waals surface area contributed by atoms with Gasteiger partial charge in [-0.3, -0.25) is 9.10 Å². The fourth-order valence-electron chi connectivity index (χ4n) is 2.71. The van der Waals surface area contributed by atoms with Gasteiger partial charge >= 0.3 is 0 Å². The lowest BCUT2D eigenvalue weighted by Gasteiger charge is -2.21. The first-order chi connectivity index (χ1) is 12.7. The van der Waals surface area contributed by atoms with E-state index in [0.717, 1.165) is 25.5 Å². The zero-order chi connectivity index (χ0) is 20.4. The van der Waals surface area contributed by atoms with Gasteiger partial charge < -0.3 is 10.1 Å². The van der Waals surface area contributed by atoms with Crippen LogP contribution in [0, 0.1) is 5.92 Å². The summed E-state index contributed by atoms with van der Waals surface area (Å²) in [5, 5.41) is 3.01. The van der Waals surface area contributed by atoms with Crippen LogP contribution in [0.25, 0.3) is 0 Å². The van der Waals surface area contributed by atoms with Gasteiger partial charge in [-0.05, 0) is 43.0 Å². The lowest BCUT2D eigenvalue weighted by Crippen LogP contribution is -2.40. The molecule has 1 rings (SSSR count). The zero-order valence-corrected chi connectivity index (χ0v) is 18.0. The Morgan fingerprint density at radius 3 is 2.26 bits per heavy atom. The number of anilines is 1. The topological polar surface area (TPSA) is 75.7 Å². The molecule has 1 aromatic carbocycles. The molecule has 7 heteroatoms. The van der Waals surface area contributed by atoms with Crippen molar-refractivity contribution in [2.24, 2.45) is 5.92 Å². The predicted octanol–water partition coefficient (Wildman–Crippen LogP) is 3.57. The molecule has 1 N–H and O–H groups in total. The summed E-state index contributed by atoms with van der Waals surface area (Å²) < 4.78 is 30.2. The number of carbonyl (C=O) groups is 1. The van der Waals surface area contributed by atoms with Crippen LogP contribution in [-0.4, -0.2) is 40.3 Å². The Morgan fingerprint density at radius 1 is 1.15 bits per heavy atom. The number of benzene rings is 1. The molecule has 27 heavy (non-hydrogen) atoms. The maximum Gasteiger partial charge on any atom is 0.261 e. The van der Waals surface area contributed by atoms with Crippen molar-refractivity contribution in [1.82, 2.24) is 5.32 Å². The molecule has 0 saturated carbocycles. The number of rotatable bonds is 12. The van der Waals surface area contributed by atoms with Crippen molar-refractivity contribution < 1.29 is 17.9 Å². The average Bonchev–Trinajstić information content (AvgIpc) is 2.65. The van der Waals surface area contributed by atoms with Crippen molar-refractivity contribution >= 4 is 21.6 Å². The molecule has 0 aliphatic carbocycles. The smallest absolute Gasteiger partial charge is 0.261 e. The molecule has 2 atom stereocenters. The molecule has 1 aromatic rings. The van der Waals surface area contributed by atoms with Crippen molar-refractivity contribution in [2.75, 3.05) is 24.2 Å². The van der Waals surface area contributed by atoms with Crippen LogP contribution in [0.2, 0.25) is 0 Å². The van der Waals surface area contributed by atoms with Gasteiger partial charge in [-0.25, -0.2) is 8.42 Å². The summed E-state index contributed by atoms with van der Waals surface area (Å²) in [5.74, 6) is 0.933. The Balaban J connectivity index is 2.65. The summed E-state index contributed by atoms with van der Waals surface area (Å²) in [5.41, 5.74) is 0.545. The number of ether oxygens (including phenoxy) is 1. The molecule has 0 saturated heterocycles. The Morgan fingerprint density at radius 2 is 1.78 bits per heavy atom. The van der Waals surface area contributed by atoms with Gasteiger partial charge in [0.05, 0.1) is 11.9 Å². The number of nitrogens with zero attached hydrogens (tertiary/aromatic N) is 1. The first-order valence-electron chi connectivity index (χ1n) is 9.71. The lowest BCUT2D eigenvalue weighted by atomic mass is 9.99. The molecule has 0 aliphatic rings. The van der Waals surface area contributed by atoms with Crippen LogP contribution in [0.3, 0.4) is 0 Å². The highest BCUT2D eigenvalue weighted by molar-refractivity contribution is 7.92. The third-order valence-corrected chi connectivity index (χ3v) is 5.95. The Labute approximate surface area is 164 Å². The summed E-state index contributed by atoms with van der Waals surface area (Å²) in [6.45, 7) is 6.90. The second-order valence-electron chi connectivity index (χ2n) is 6.90. The SMILES string of the molecule is CCCC[C@@H](CC)CNC(=O)[C@@H](CC)Oc1ccc(N(C)S(C)(=O)=O)cc1. The van der Waals surface area contributed by atoms with Gasteiger partial charge in [-0.15, -0.1) is 0 Å². The second kappa shape index (κ2) is 11.2. The third-order valence-electron chi connectivity index (χ3n) is 4.75. The largest absolute Gasteiger partial charge is 0.481 e. The van der Waals surface area contributed by atoms with Gasteiger partial charge in [0.25, 0.3) is 5.91 Å². The third kappa shape index (κ3) is 7.79. The van der Waals surface area contributed by atoms with E-state index in [1.54, 1.807) is 24.3 Å². The molecule has 0 aliphatic heterocycles. The normalized spacial score (nSPS) is 13.7. The highest BCUT2D eigenvalue weighted by Crippen LogP contribution is 2.21. The Hall–Kier alpha value is -1.76. The molecule has 154 valence electrons. The molecule has 0 bridgehead atoms. The summed E-state index contributed by atoms with van der Waals surface area (Å²) in [7, 11) is -1.81. The molecular formula is C20H34N2O4S. The van der Waals surface area contributed by atoms with E-state index in [1.165, 1.54) is 17.8 Å². The highest BCUT2D eigenvalue weighted by atomic mass is 32.2. The van der Waals surface area contributed by atoms with E-state index in [0.29, 0.717) is 30.3 Å². The fourth-order valence-corrected chi connectivity index (χ4v) is 3.22. The lowest BCUT2D eigenvalue weighted by molar-refractivity contribution is -0.128. The van der Waals surface area contributed by atoms with Crippen LogP contribution < -0.4 is 14.4 Å². The Bertz CT molecular complexity index is 674. The molecule has 0 spiro atoms. The molecule has 0 unspecified atom stereocenters. The van der Waals surface area contributed by atoms with Crippen LogP contribution >= 0.6 is 0 Å². The van der Waals surface area contributed by atoms with Crippen LogP contribution in [0.15, 0.2) is 24.3 Å². The number of hydrogen-bond donors (Lipinski definition) is 1. The van der Waals surface area contributed by atoms with Crippen LogP contribution in [0.1, 0.15) is 52.9 Å². The average molecular weight is 399 g/mol. The van der Waals surface area contributed by atoms with Crippen molar-refractivity contribution in [2.45, 2.75) is 59.0 Å². The van der Waals surface area contributed by atoms with E-state index in [-0.39, 0.29) is 5.91 Å². The minimum Gasteiger partial charge on any atom is -0.481 e. The quantitative estimate of drug-likeness (QED) is 0.584. The Kier molecular flexibility index (Phi) is 9.63. The molecular weight excluding hydrogens is 364 g/mol. The molecule has 0 aromatic heterocycles. The maximum atomic E-state index is 12.5. The van der Waals surface area contributed by atoms with Crippen LogP contribution in [0.4, 0.5) is 5.69 Å². The van der Waals surface area contributed by atoms with E-state index in [1.807, 2.05) is 6.92 Å². The number of amides is 1. The van der Waals surface area contributed by atoms with E-state index in [4.69, 9.17) is 4.74 Å². The predicted molar refractivity (Wildman–Crippen MR) is 111 cm³/mol. The number of hydrogen-bond acceptors (Lipinski definition) is 4. The summed E-state index contributed by atoms with van der Waals surface area (Å²) in [6, 6.07) is 6.70. The minimum absolute atomic E-state index is 0.107. The van der Waals surface area contributed by atoms with E-state index in [9.17, 15) is 13.2 Å². The van der Waals surface area contributed by atoms with Gasteiger partial charge in [0.1, 0.15) is 5.75 Å². The summed E-state index contributed by atoms with van der Waals surface area (Å²) in [4.78, 5) is 12.5. The number of carbonyl (C=O) groups excluding carboxylic acids is 1. The van der Waals surface area contributed by atoms with E-state index in [2.05, 4.69) is 19.2 Å². The van der Waals surface area contributed by atoms with Gasteiger partial charge in [0.15, 0.2) is 6.10 Å². The van der Waals surface area contributed by atoms with Gasteiger partial charge in [-0.1, -0.05) is 40.0 Å². The van der Waals surface area contributed by atoms with E-state index < -0.39 is 16.1 Å². The van der Waals surface area contributed by atoms with Gasteiger partial charge in [0.2, 0.25) is 10.0 Å². The highest BCUT2D eigenvalue weighted by Gasteiger charge is 2.20. The number of unbranched alkanes of at least 4 members (excludes halogenated alkanes) is 1. The van der Waals surface area contributed by atoms with Crippen molar-refractivity contribution in [3.8, 4) is 5.75 Å². The van der Waals surface area contributed by atoms with Crippen molar-refractivity contribution in [3.63, 3.8) is 0 Å². The number of sulfonamides is 1. The zero-order valence-electron chi connectivity index (χ0n) is 17.2. The van der Waals surface area contributed by atoms with Crippen LogP contribution in [-0.2, 0) is 14.8 Å². The standard InChI is InChI=1S/C20H34N2O4S/c1-6-9-10-16(7-2)15-21-20(23)19(8-3)26-18-13-11-17(12-14-18)22(4)27(5,24)25/h11-14,16,19H,6-10,15H2,1-5H3,(H,21,23)/t16-,19-/m1/s1. The maximum absolute atomic E-state index is 12.5. The monoisotopic (exact) mass is 398 g/mol. The summed E-state index contributed by atoms with van der Waals surface area (Å²) >= 11 is 0. The minimum atomic E-state index is -3.31. The number of nitrogens with one attached hydrogen (secondary N) is 1. The molecule has 0 radical (unpaired) electrons. The summed E-state index contributed by atoms with van der Waals surface area (Å²) in [6.07, 6.45) is 5.66. The first-order valence-corrected chi connectivity index (χ1v) is 11.6. The van der Waals surface area contributed by atoms with E-state index >= 15 is 0 Å². The molecule has 0 fully saturated rings. The molecule has 0 heterocycles. The van der Waals surface area contributed by atoms with Gasteiger partial charge in [-0.2, -0.15) is 0 Å². The van der Waals surface area contributed by atoms with Gasteiger partial charge in [0, 0.05) is 13.6 Å². The van der Waals surface area contributed by atoms with Crippen molar-refractivity contribution in [3.05, 3.63) is 24.3 Å². The molecule has 6 nitrogen and oxygen atoms in total. The molecule has 1 amide bonds. The van der Waals surface area contributed by atoms with Crippen LogP contribution in [0.5, 0.6) is 5.75 Å². The second-order valence-corrected chi connectivity index (χ2v) is 8.91. The fraction of sp³-hybridized carbons (Fsp3) is 0.650.